The van der Waals surface area contributed by atoms with Crippen LogP contribution in [0.15, 0.2) is 59.7 Å². The molecule has 0 radical (unpaired) electrons. The first-order valence-corrected chi connectivity index (χ1v) is 9.16. The molecular formula is C21H19N5O. The van der Waals surface area contributed by atoms with E-state index in [9.17, 15) is 4.79 Å². The summed E-state index contributed by atoms with van der Waals surface area (Å²) in [6, 6.07) is 15.6. The van der Waals surface area contributed by atoms with Crippen molar-refractivity contribution < 1.29 is 0 Å². The molecule has 1 fully saturated rings. The van der Waals surface area contributed by atoms with Gasteiger partial charge in [-0.05, 0) is 37.1 Å². The Bertz CT molecular complexity index is 1210. The predicted molar refractivity (Wildman–Crippen MR) is 106 cm³/mol. The first-order chi connectivity index (χ1) is 13.2. The molecule has 0 spiro atoms. The van der Waals surface area contributed by atoms with E-state index in [1.54, 1.807) is 10.9 Å². The van der Waals surface area contributed by atoms with Gasteiger partial charge in [0, 0.05) is 19.0 Å². The number of aromatic nitrogens is 4. The molecule has 6 nitrogen and oxygen atoms in total. The third-order valence-corrected chi connectivity index (χ3v) is 5.36. The van der Waals surface area contributed by atoms with Crippen molar-refractivity contribution in [1.29, 1.82) is 0 Å². The van der Waals surface area contributed by atoms with Crippen LogP contribution in [0.4, 0.5) is 5.82 Å². The van der Waals surface area contributed by atoms with E-state index in [1.807, 2.05) is 55.6 Å². The summed E-state index contributed by atoms with van der Waals surface area (Å²) >= 11 is 0. The van der Waals surface area contributed by atoms with Gasteiger partial charge in [-0.25, -0.2) is 15.0 Å². The monoisotopic (exact) mass is 357 g/mol. The van der Waals surface area contributed by atoms with Crippen LogP contribution in [-0.4, -0.2) is 26.1 Å². The van der Waals surface area contributed by atoms with Gasteiger partial charge in [0.2, 0.25) is 0 Å². The maximum atomic E-state index is 12.8. The summed E-state index contributed by atoms with van der Waals surface area (Å²) in [5, 5.41) is 1.68. The molecule has 1 saturated heterocycles. The van der Waals surface area contributed by atoms with Crippen LogP contribution in [0.3, 0.4) is 0 Å². The molecule has 0 aliphatic carbocycles. The average molecular weight is 357 g/mol. The van der Waals surface area contributed by atoms with Crippen molar-refractivity contribution in [2.75, 3.05) is 11.4 Å². The highest BCUT2D eigenvalue weighted by molar-refractivity contribution is 5.89. The normalized spacial score (nSPS) is 17.1. The third-order valence-electron chi connectivity index (χ3n) is 5.36. The summed E-state index contributed by atoms with van der Waals surface area (Å²) in [7, 11) is 1.81. The molecule has 27 heavy (non-hydrogen) atoms. The van der Waals surface area contributed by atoms with Crippen molar-refractivity contribution in [3.05, 3.63) is 71.0 Å². The van der Waals surface area contributed by atoms with Crippen molar-refractivity contribution in [3.63, 3.8) is 0 Å². The molecule has 2 aromatic heterocycles. The van der Waals surface area contributed by atoms with Gasteiger partial charge in [0.25, 0.3) is 5.56 Å². The summed E-state index contributed by atoms with van der Waals surface area (Å²) < 4.78 is 1.69. The lowest BCUT2D eigenvalue weighted by Gasteiger charge is -2.27. The van der Waals surface area contributed by atoms with Gasteiger partial charge in [-0.15, -0.1) is 0 Å². The lowest BCUT2D eigenvalue weighted by atomic mass is 10.1. The van der Waals surface area contributed by atoms with E-state index >= 15 is 0 Å². The van der Waals surface area contributed by atoms with Crippen LogP contribution in [0.25, 0.3) is 21.8 Å². The summed E-state index contributed by atoms with van der Waals surface area (Å²) in [5.74, 6) is 1.70. The standard InChI is InChI=1S/C21H19N5O/c1-25-20(24-17-10-5-3-8-15(17)21(25)27)18-11-6-12-26(18)19-14-7-2-4-9-16(14)22-13-23-19/h2-5,7-10,13,18H,6,11-12H2,1H3. The quantitative estimate of drug-likeness (QED) is 0.551. The topological polar surface area (TPSA) is 63.9 Å². The van der Waals surface area contributed by atoms with Crippen LogP contribution < -0.4 is 10.5 Å². The van der Waals surface area contributed by atoms with Crippen LogP contribution in [-0.2, 0) is 7.05 Å². The Balaban J connectivity index is 1.68. The van der Waals surface area contributed by atoms with Gasteiger partial charge < -0.3 is 4.90 Å². The number of benzene rings is 2. The van der Waals surface area contributed by atoms with E-state index in [0.717, 1.165) is 47.4 Å². The number of fused-ring (bicyclic) bond motifs is 2. The smallest absolute Gasteiger partial charge is 0.261 e. The summed E-state index contributed by atoms with van der Waals surface area (Å²) in [6.45, 7) is 0.883. The lowest BCUT2D eigenvalue weighted by molar-refractivity contribution is 0.608. The molecule has 1 aliphatic rings. The molecule has 6 heteroatoms. The molecule has 1 unspecified atom stereocenters. The Kier molecular flexibility index (Phi) is 3.63. The maximum Gasteiger partial charge on any atom is 0.261 e. The molecule has 2 aromatic carbocycles. The van der Waals surface area contributed by atoms with Crippen LogP contribution in [0.5, 0.6) is 0 Å². The summed E-state index contributed by atoms with van der Waals surface area (Å²) in [5.41, 5.74) is 1.67. The van der Waals surface area contributed by atoms with Crippen LogP contribution in [0.2, 0.25) is 0 Å². The highest BCUT2D eigenvalue weighted by atomic mass is 16.1. The second-order valence-corrected chi connectivity index (χ2v) is 6.92. The van der Waals surface area contributed by atoms with Gasteiger partial charge in [-0.3, -0.25) is 9.36 Å². The van der Waals surface area contributed by atoms with E-state index in [4.69, 9.17) is 4.98 Å². The molecule has 1 atom stereocenters. The molecule has 0 amide bonds. The Morgan fingerprint density at radius 2 is 1.70 bits per heavy atom. The Labute approximate surface area is 156 Å². The van der Waals surface area contributed by atoms with E-state index in [-0.39, 0.29) is 11.6 Å². The van der Waals surface area contributed by atoms with Gasteiger partial charge in [0.1, 0.15) is 18.0 Å². The first-order valence-electron chi connectivity index (χ1n) is 9.16. The van der Waals surface area contributed by atoms with Crippen molar-refractivity contribution >= 4 is 27.6 Å². The van der Waals surface area contributed by atoms with Gasteiger partial charge in [0.05, 0.1) is 22.5 Å². The average Bonchev–Trinajstić information content (AvgIpc) is 3.19. The number of anilines is 1. The molecule has 0 bridgehead atoms. The minimum Gasteiger partial charge on any atom is -0.346 e. The molecule has 0 saturated carbocycles. The van der Waals surface area contributed by atoms with Gasteiger partial charge >= 0.3 is 0 Å². The minimum absolute atomic E-state index is 0.00463. The number of hydrogen-bond donors (Lipinski definition) is 0. The SMILES string of the molecule is Cn1c(C2CCCN2c2ncnc3ccccc23)nc2ccccc2c1=O. The van der Waals surface area contributed by atoms with E-state index in [1.165, 1.54) is 0 Å². The number of para-hydroxylation sites is 2. The Morgan fingerprint density at radius 1 is 0.963 bits per heavy atom. The maximum absolute atomic E-state index is 12.8. The zero-order valence-corrected chi connectivity index (χ0v) is 15.0. The van der Waals surface area contributed by atoms with Crippen molar-refractivity contribution in [2.24, 2.45) is 7.05 Å². The van der Waals surface area contributed by atoms with Gasteiger partial charge in [-0.1, -0.05) is 24.3 Å². The predicted octanol–water partition coefficient (Wildman–Crippen LogP) is 3.22. The van der Waals surface area contributed by atoms with Crippen LogP contribution in [0, 0.1) is 0 Å². The molecule has 134 valence electrons. The van der Waals surface area contributed by atoms with Crippen LogP contribution >= 0.6 is 0 Å². The second-order valence-electron chi connectivity index (χ2n) is 6.92. The van der Waals surface area contributed by atoms with Gasteiger partial charge in [-0.2, -0.15) is 0 Å². The van der Waals surface area contributed by atoms with Crippen molar-refractivity contribution in [1.82, 2.24) is 19.5 Å². The van der Waals surface area contributed by atoms with E-state index in [0.29, 0.717) is 5.39 Å². The zero-order chi connectivity index (χ0) is 18.4. The molecule has 3 heterocycles. The molecule has 0 N–H and O–H groups in total. The minimum atomic E-state index is -0.00463. The molecule has 5 rings (SSSR count). The Hall–Kier alpha value is -3.28. The molecule has 1 aliphatic heterocycles. The highest BCUT2D eigenvalue weighted by Crippen LogP contribution is 2.36. The van der Waals surface area contributed by atoms with Crippen LogP contribution in [0.1, 0.15) is 24.7 Å². The second kappa shape index (κ2) is 6.16. The van der Waals surface area contributed by atoms with Crippen molar-refractivity contribution in [3.8, 4) is 0 Å². The fraction of sp³-hybridized carbons (Fsp3) is 0.238. The van der Waals surface area contributed by atoms with E-state index in [2.05, 4.69) is 14.9 Å². The lowest BCUT2D eigenvalue weighted by Crippen LogP contribution is -2.31. The fourth-order valence-corrected chi connectivity index (χ4v) is 4.04. The first kappa shape index (κ1) is 15.9. The Morgan fingerprint density at radius 3 is 2.56 bits per heavy atom. The molecular weight excluding hydrogens is 338 g/mol. The number of rotatable bonds is 2. The van der Waals surface area contributed by atoms with E-state index < -0.39 is 0 Å². The molecule has 4 aromatic rings. The number of hydrogen-bond acceptors (Lipinski definition) is 5. The largest absolute Gasteiger partial charge is 0.346 e. The highest BCUT2D eigenvalue weighted by Gasteiger charge is 2.31. The summed E-state index contributed by atoms with van der Waals surface area (Å²) in [6.07, 6.45) is 3.59. The fourth-order valence-electron chi connectivity index (χ4n) is 4.04. The zero-order valence-electron chi connectivity index (χ0n) is 15.0. The summed E-state index contributed by atoms with van der Waals surface area (Å²) in [4.78, 5) is 28.9. The number of nitrogens with zero attached hydrogens (tertiary/aromatic N) is 5. The third kappa shape index (κ3) is 2.48. The van der Waals surface area contributed by atoms with Gasteiger partial charge in [0.15, 0.2) is 0 Å². The van der Waals surface area contributed by atoms with Crippen molar-refractivity contribution in [2.45, 2.75) is 18.9 Å².